The lowest BCUT2D eigenvalue weighted by Gasteiger charge is -2.12. The molecule has 0 radical (unpaired) electrons. The van der Waals surface area contributed by atoms with E-state index in [2.05, 4.69) is 5.32 Å². The summed E-state index contributed by atoms with van der Waals surface area (Å²) >= 11 is 7.37. The van der Waals surface area contributed by atoms with Gasteiger partial charge in [0.15, 0.2) is 0 Å². The van der Waals surface area contributed by atoms with Gasteiger partial charge in [0.25, 0.3) is 5.91 Å². The number of rotatable bonds is 5. The summed E-state index contributed by atoms with van der Waals surface area (Å²) in [5.41, 5.74) is 0.614. The standard InChI is InChI=1S/C15H16ClNO2S/c1-3-19-12-6-4-11(5-7-12)15(18)17-10(2)13-8-9-14(16)20-13/h4-10H,3H2,1-2H3,(H,17,18)/t10-/m0/s1. The van der Waals surface area contributed by atoms with Crippen LogP contribution in [-0.2, 0) is 0 Å². The Labute approximate surface area is 127 Å². The molecule has 0 aliphatic heterocycles. The van der Waals surface area contributed by atoms with Crippen LogP contribution in [0.4, 0.5) is 0 Å². The Morgan fingerprint density at radius 3 is 2.55 bits per heavy atom. The van der Waals surface area contributed by atoms with E-state index in [9.17, 15) is 4.79 Å². The van der Waals surface area contributed by atoms with Gasteiger partial charge in [-0.15, -0.1) is 11.3 Å². The van der Waals surface area contributed by atoms with Gasteiger partial charge in [0.2, 0.25) is 0 Å². The highest BCUT2D eigenvalue weighted by atomic mass is 35.5. The average molecular weight is 310 g/mol. The van der Waals surface area contributed by atoms with E-state index in [1.807, 2.05) is 26.0 Å². The third-order valence-corrected chi connectivity index (χ3v) is 4.21. The van der Waals surface area contributed by atoms with Crippen LogP contribution in [0, 0.1) is 0 Å². The first-order chi connectivity index (χ1) is 9.60. The molecule has 5 heteroatoms. The average Bonchev–Trinajstić information content (AvgIpc) is 2.86. The minimum absolute atomic E-state index is 0.0634. The molecule has 106 valence electrons. The molecule has 2 rings (SSSR count). The smallest absolute Gasteiger partial charge is 0.251 e. The maximum Gasteiger partial charge on any atom is 0.251 e. The number of benzene rings is 1. The van der Waals surface area contributed by atoms with Gasteiger partial charge in [0.05, 0.1) is 17.0 Å². The number of ether oxygens (including phenoxy) is 1. The third-order valence-electron chi connectivity index (χ3n) is 2.80. The summed E-state index contributed by atoms with van der Waals surface area (Å²) in [5.74, 6) is 0.659. The van der Waals surface area contributed by atoms with Crippen molar-refractivity contribution in [3.63, 3.8) is 0 Å². The second kappa shape index (κ2) is 6.77. The van der Waals surface area contributed by atoms with E-state index < -0.39 is 0 Å². The minimum atomic E-state index is -0.106. The van der Waals surface area contributed by atoms with Gasteiger partial charge in [-0.25, -0.2) is 0 Å². The Kier molecular flexibility index (Phi) is 5.04. The highest BCUT2D eigenvalue weighted by Gasteiger charge is 2.13. The van der Waals surface area contributed by atoms with E-state index in [-0.39, 0.29) is 11.9 Å². The fourth-order valence-corrected chi connectivity index (χ4v) is 2.84. The topological polar surface area (TPSA) is 38.3 Å². The van der Waals surface area contributed by atoms with Gasteiger partial charge in [-0.05, 0) is 50.2 Å². The zero-order valence-electron chi connectivity index (χ0n) is 11.4. The first-order valence-corrected chi connectivity index (χ1v) is 7.58. The summed E-state index contributed by atoms with van der Waals surface area (Å²) in [6, 6.07) is 10.8. The molecule has 1 N–H and O–H groups in total. The van der Waals surface area contributed by atoms with Crippen molar-refractivity contribution < 1.29 is 9.53 Å². The van der Waals surface area contributed by atoms with Crippen molar-refractivity contribution in [3.8, 4) is 5.75 Å². The molecule has 1 amide bonds. The van der Waals surface area contributed by atoms with Crippen LogP contribution in [0.15, 0.2) is 36.4 Å². The Balaban J connectivity index is 2.00. The van der Waals surface area contributed by atoms with E-state index in [0.29, 0.717) is 12.2 Å². The van der Waals surface area contributed by atoms with Gasteiger partial charge >= 0.3 is 0 Å². The Morgan fingerprint density at radius 1 is 1.30 bits per heavy atom. The van der Waals surface area contributed by atoms with Crippen molar-refractivity contribution in [1.29, 1.82) is 0 Å². The van der Waals surface area contributed by atoms with Crippen LogP contribution in [0.25, 0.3) is 0 Å². The highest BCUT2D eigenvalue weighted by molar-refractivity contribution is 7.16. The number of halogens is 1. The SMILES string of the molecule is CCOc1ccc(C(=O)N[C@@H](C)c2ccc(Cl)s2)cc1. The van der Waals surface area contributed by atoms with Crippen molar-refractivity contribution in [2.24, 2.45) is 0 Å². The predicted molar refractivity (Wildman–Crippen MR) is 82.8 cm³/mol. The second-order valence-electron chi connectivity index (χ2n) is 4.29. The summed E-state index contributed by atoms with van der Waals surface area (Å²) < 4.78 is 6.07. The van der Waals surface area contributed by atoms with Crippen LogP contribution in [0.5, 0.6) is 5.75 Å². The van der Waals surface area contributed by atoms with Crippen LogP contribution in [0.1, 0.15) is 35.1 Å². The molecular formula is C15H16ClNO2S. The molecule has 20 heavy (non-hydrogen) atoms. The summed E-state index contributed by atoms with van der Waals surface area (Å²) in [7, 11) is 0. The number of nitrogens with one attached hydrogen (secondary N) is 1. The number of carbonyl (C=O) groups is 1. The molecule has 0 saturated carbocycles. The van der Waals surface area contributed by atoms with E-state index in [4.69, 9.17) is 16.3 Å². The summed E-state index contributed by atoms with van der Waals surface area (Å²) in [4.78, 5) is 13.2. The quantitative estimate of drug-likeness (QED) is 0.894. The first-order valence-electron chi connectivity index (χ1n) is 6.39. The summed E-state index contributed by atoms with van der Waals surface area (Å²) in [6.45, 7) is 4.48. The third kappa shape index (κ3) is 3.74. The fraction of sp³-hybridized carbons (Fsp3) is 0.267. The van der Waals surface area contributed by atoms with Crippen LogP contribution in [0.2, 0.25) is 4.34 Å². The van der Waals surface area contributed by atoms with E-state index in [1.165, 1.54) is 11.3 Å². The maximum absolute atomic E-state index is 12.1. The van der Waals surface area contributed by atoms with Gasteiger partial charge in [0.1, 0.15) is 5.75 Å². The highest BCUT2D eigenvalue weighted by Crippen LogP contribution is 2.26. The molecule has 0 unspecified atom stereocenters. The number of thiophene rings is 1. The molecule has 0 saturated heterocycles. The van der Waals surface area contributed by atoms with Crippen molar-refractivity contribution in [1.82, 2.24) is 5.32 Å². The molecule has 1 heterocycles. The molecule has 1 aromatic carbocycles. The van der Waals surface area contributed by atoms with Gasteiger partial charge in [-0.3, -0.25) is 4.79 Å². The zero-order chi connectivity index (χ0) is 14.5. The van der Waals surface area contributed by atoms with Crippen LogP contribution in [-0.4, -0.2) is 12.5 Å². The Morgan fingerprint density at radius 2 is 2.00 bits per heavy atom. The van der Waals surface area contributed by atoms with Gasteiger partial charge in [0, 0.05) is 10.4 Å². The van der Waals surface area contributed by atoms with Gasteiger partial charge < -0.3 is 10.1 Å². The lowest BCUT2D eigenvalue weighted by molar-refractivity contribution is 0.0940. The van der Waals surface area contributed by atoms with Crippen LogP contribution >= 0.6 is 22.9 Å². The van der Waals surface area contributed by atoms with Crippen molar-refractivity contribution >= 4 is 28.8 Å². The van der Waals surface area contributed by atoms with E-state index in [1.54, 1.807) is 24.3 Å². The monoisotopic (exact) mass is 309 g/mol. The summed E-state index contributed by atoms with van der Waals surface area (Å²) in [6.07, 6.45) is 0. The molecule has 0 fully saturated rings. The van der Waals surface area contributed by atoms with Gasteiger partial charge in [-0.2, -0.15) is 0 Å². The van der Waals surface area contributed by atoms with Crippen molar-refractivity contribution in [2.45, 2.75) is 19.9 Å². The van der Waals surface area contributed by atoms with Crippen molar-refractivity contribution in [2.75, 3.05) is 6.61 Å². The zero-order valence-corrected chi connectivity index (χ0v) is 12.9. The minimum Gasteiger partial charge on any atom is -0.494 e. The largest absolute Gasteiger partial charge is 0.494 e. The molecule has 2 aromatic rings. The molecule has 0 aliphatic rings. The molecule has 0 aliphatic carbocycles. The summed E-state index contributed by atoms with van der Waals surface area (Å²) in [5, 5.41) is 2.95. The van der Waals surface area contributed by atoms with E-state index >= 15 is 0 Å². The number of amides is 1. The maximum atomic E-state index is 12.1. The molecule has 1 aromatic heterocycles. The molecule has 0 spiro atoms. The number of hydrogen-bond donors (Lipinski definition) is 1. The number of carbonyl (C=O) groups excluding carboxylic acids is 1. The normalized spacial score (nSPS) is 11.9. The van der Waals surface area contributed by atoms with Crippen LogP contribution < -0.4 is 10.1 Å². The Hall–Kier alpha value is -1.52. The predicted octanol–water partition coefficient (Wildman–Crippen LogP) is 4.29. The van der Waals surface area contributed by atoms with Crippen molar-refractivity contribution in [3.05, 3.63) is 51.2 Å². The fourth-order valence-electron chi connectivity index (χ4n) is 1.78. The molecule has 1 atom stereocenters. The lowest BCUT2D eigenvalue weighted by atomic mass is 10.2. The van der Waals surface area contributed by atoms with Gasteiger partial charge in [-0.1, -0.05) is 11.6 Å². The molecular weight excluding hydrogens is 294 g/mol. The molecule has 0 bridgehead atoms. The second-order valence-corrected chi connectivity index (χ2v) is 6.04. The number of hydrogen-bond acceptors (Lipinski definition) is 3. The molecule has 3 nitrogen and oxygen atoms in total. The van der Waals surface area contributed by atoms with Crippen LogP contribution in [0.3, 0.4) is 0 Å². The lowest BCUT2D eigenvalue weighted by Crippen LogP contribution is -2.25. The Bertz CT molecular complexity index is 580. The first kappa shape index (κ1) is 14.9. The van der Waals surface area contributed by atoms with E-state index in [0.717, 1.165) is 15.0 Å².